The van der Waals surface area contributed by atoms with E-state index in [2.05, 4.69) is 25.7 Å². The van der Waals surface area contributed by atoms with Gasteiger partial charge in [0.15, 0.2) is 0 Å². The van der Waals surface area contributed by atoms with Crippen LogP contribution in [0.25, 0.3) is 11.0 Å². The third-order valence-corrected chi connectivity index (χ3v) is 7.15. The Morgan fingerprint density at radius 2 is 1.89 bits per heavy atom. The van der Waals surface area contributed by atoms with E-state index in [9.17, 15) is 13.2 Å². The lowest BCUT2D eigenvalue weighted by molar-refractivity contribution is -0.124. The molecule has 9 heteroatoms. The standard InChI is InChI=1S/C18H26N4O3S2/c1-11(2)16(18(23)19-13-9-7-12(3)8-10-13)22-27(24,25)15-6-4-5-14-17(15)21-26-20-14/h4-6,11-13,16,22H,7-10H2,1-3H3,(H,19,23)/t12?,13?,16-/m1/s1. The van der Waals surface area contributed by atoms with E-state index in [1.807, 2.05) is 13.8 Å². The van der Waals surface area contributed by atoms with Crippen molar-refractivity contribution in [3.05, 3.63) is 18.2 Å². The minimum atomic E-state index is -3.90. The number of hydrogen-bond acceptors (Lipinski definition) is 6. The van der Waals surface area contributed by atoms with Crippen LogP contribution < -0.4 is 10.0 Å². The molecule has 3 rings (SSSR count). The first kappa shape index (κ1) is 20.2. The van der Waals surface area contributed by atoms with Gasteiger partial charge >= 0.3 is 0 Å². The molecule has 148 valence electrons. The van der Waals surface area contributed by atoms with Gasteiger partial charge in [0.1, 0.15) is 22.0 Å². The highest BCUT2D eigenvalue weighted by atomic mass is 32.2. The van der Waals surface area contributed by atoms with Crippen molar-refractivity contribution in [3.63, 3.8) is 0 Å². The maximum absolute atomic E-state index is 12.9. The molecule has 0 unspecified atom stereocenters. The Morgan fingerprint density at radius 3 is 2.56 bits per heavy atom. The second kappa shape index (κ2) is 8.20. The van der Waals surface area contributed by atoms with Crippen LogP contribution in [0, 0.1) is 11.8 Å². The second-order valence-corrected chi connectivity index (χ2v) is 9.91. The van der Waals surface area contributed by atoms with Gasteiger partial charge in [0, 0.05) is 6.04 Å². The number of aromatic nitrogens is 2. The number of amides is 1. The van der Waals surface area contributed by atoms with Gasteiger partial charge in [-0.15, -0.1) is 0 Å². The molecule has 1 saturated carbocycles. The maximum Gasteiger partial charge on any atom is 0.243 e. The number of sulfonamides is 1. The van der Waals surface area contributed by atoms with Gasteiger partial charge in [0.25, 0.3) is 0 Å². The second-order valence-electron chi connectivity index (χ2n) is 7.70. The zero-order valence-corrected chi connectivity index (χ0v) is 17.4. The van der Waals surface area contributed by atoms with Crippen LogP contribution in [0.5, 0.6) is 0 Å². The largest absolute Gasteiger partial charge is 0.352 e. The van der Waals surface area contributed by atoms with Gasteiger partial charge < -0.3 is 5.32 Å². The molecule has 1 amide bonds. The summed E-state index contributed by atoms with van der Waals surface area (Å²) in [5.74, 6) is 0.233. The van der Waals surface area contributed by atoms with Crippen molar-refractivity contribution in [1.82, 2.24) is 18.8 Å². The molecule has 1 atom stereocenters. The van der Waals surface area contributed by atoms with Crippen LogP contribution in [0.2, 0.25) is 0 Å². The first-order chi connectivity index (χ1) is 12.8. The summed E-state index contributed by atoms with van der Waals surface area (Å²) in [6.45, 7) is 5.89. The molecule has 2 N–H and O–H groups in total. The highest BCUT2D eigenvalue weighted by Crippen LogP contribution is 2.24. The fourth-order valence-electron chi connectivity index (χ4n) is 3.42. The van der Waals surface area contributed by atoms with E-state index in [-0.39, 0.29) is 22.8 Å². The Kier molecular flexibility index (Phi) is 6.12. The first-order valence-electron chi connectivity index (χ1n) is 9.32. The number of carbonyl (C=O) groups is 1. The zero-order chi connectivity index (χ0) is 19.6. The third-order valence-electron chi connectivity index (χ3n) is 5.13. The monoisotopic (exact) mass is 410 g/mol. The minimum absolute atomic E-state index is 0.0543. The number of nitrogens with zero attached hydrogens (tertiary/aromatic N) is 2. The fraction of sp³-hybridized carbons (Fsp3) is 0.611. The smallest absolute Gasteiger partial charge is 0.243 e. The topological polar surface area (TPSA) is 101 Å². The Hall–Kier alpha value is -1.58. The lowest BCUT2D eigenvalue weighted by Crippen LogP contribution is -2.52. The van der Waals surface area contributed by atoms with E-state index < -0.39 is 16.1 Å². The van der Waals surface area contributed by atoms with Gasteiger partial charge in [0.05, 0.1) is 11.7 Å². The molecule has 0 saturated heterocycles. The summed E-state index contributed by atoms with van der Waals surface area (Å²) in [5.41, 5.74) is 0.865. The average molecular weight is 411 g/mol. The Labute approximate surface area is 164 Å². The van der Waals surface area contributed by atoms with Gasteiger partial charge in [-0.2, -0.15) is 13.5 Å². The van der Waals surface area contributed by atoms with Crippen molar-refractivity contribution in [2.75, 3.05) is 0 Å². The molecule has 1 aromatic heterocycles. The van der Waals surface area contributed by atoms with Crippen molar-refractivity contribution in [2.24, 2.45) is 11.8 Å². The van der Waals surface area contributed by atoms with Gasteiger partial charge in [-0.3, -0.25) is 4.79 Å². The van der Waals surface area contributed by atoms with Crippen LogP contribution in [0.3, 0.4) is 0 Å². The predicted octanol–water partition coefficient (Wildman–Crippen LogP) is 2.69. The molecule has 2 aromatic rings. The average Bonchev–Trinajstić information content (AvgIpc) is 3.10. The van der Waals surface area contributed by atoms with Crippen LogP contribution in [0.15, 0.2) is 23.1 Å². The van der Waals surface area contributed by atoms with Gasteiger partial charge in [0.2, 0.25) is 15.9 Å². The van der Waals surface area contributed by atoms with E-state index in [1.165, 1.54) is 6.07 Å². The minimum Gasteiger partial charge on any atom is -0.352 e. The maximum atomic E-state index is 12.9. The molecule has 1 aliphatic carbocycles. The van der Waals surface area contributed by atoms with E-state index in [4.69, 9.17) is 0 Å². The first-order valence-corrected chi connectivity index (χ1v) is 11.5. The van der Waals surface area contributed by atoms with Crippen LogP contribution >= 0.6 is 11.7 Å². The summed E-state index contributed by atoms with van der Waals surface area (Å²) in [4.78, 5) is 12.8. The lowest BCUT2D eigenvalue weighted by atomic mass is 9.87. The Balaban J connectivity index is 1.77. The molecular formula is C18H26N4O3S2. The number of benzene rings is 1. The quantitative estimate of drug-likeness (QED) is 0.762. The highest BCUT2D eigenvalue weighted by Gasteiger charge is 2.31. The van der Waals surface area contributed by atoms with Crippen LogP contribution in [-0.4, -0.2) is 35.2 Å². The molecule has 1 aliphatic rings. The Morgan fingerprint density at radius 1 is 1.19 bits per heavy atom. The molecule has 0 spiro atoms. The summed E-state index contributed by atoms with van der Waals surface area (Å²) >= 11 is 0.967. The van der Waals surface area contributed by atoms with E-state index in [1.54, 1.807) is 12.1 Å². The van der Waals surface area contributed by atoms with E-state index in [0.717, 1.165) is 37.4 Å². The number of fused-ring (bicyclic) bond motifs is 1. The molecule has 0 bridgehead atoms. The molecule has 0 aliphatic heterocycles. The van der Waals surface area contributed by atoms with Crippen molar-refractivity contribution in [3.8, 4) is 0 Å². The van der Waals surface area contributed by atoms with Crippen molar-refractivity contribution >= 4 is 38.7 Å². The zero-order valence-electron chi connectivity index (χ0n) is 15.8. The van der Waals surface area contributed by atoms with Gasteiger partial charge in [-0.25, -0.2) is 8.42 Å². The molecule has 1 fully saturated rings. The normalized spacial score (nSPS) is 22.1. The molecule has 0 radical (unpaired) electrons. The van der Waals surface area contributed by atoms with Gasteiger partial charge in [-0.05, 0) is 49.7 Å². The molecule has 1 aromatic carbocycles. The number of nitrogens with one attached hydrogen (secondary N) is 2. The third kappa shape index (κ3) is 4.64. The van der Waals surface area contributed by atoms with E-state index >= 15 is 0 Å². The number of carbonyl (C=O) groups excluding carboxylic acids is 1. The molecular weight excluding hydrogens is 384 g/mol. The molecule has 1 heterocycles. The summed E-state index contributed by atoms with van der Waals surface area (Å²) in [5, 5.41) is 3.04. The van der Waals surface area contributed by atoms with Crippen molar-refractivity contribution in [1.29, 1.82) is 0 Å². The lowest BCUT2D eigenvalue weighted by Gasteiger charge is -2.29. The number of hydrogen-bond donors (Lipinski definition) is 2. The SMILES string of the molecule is CC1CCC(NC(=O)[C@H](NS(=O)(=O)c2cccc3nsnc23)C(C)C)CC1. The fourth-order valence-corrected chi connectivity index (χ4v) is 5.53. The van der Waals surface area contributed by atoms with Gasteiger partial charge in [-0.1, -0.05) is 26.8 Å². The number of rotatable bonds is 6. The summed E-state index contributed by atoms with van der Waals surface area (Å²) in [6.07, 6.45) is 4.05. The predicted molar refractivity (Wildman–Crippen MR) is 106 cm³/mol. The van der Waals surface area contributed by atoms with Crippen molar-refractivity contribution in [2.45, 2.75) is 63.4 Å². The highest BCUT2D eigenvalue weighted by molar-refractivity contribution is 7.89. The van der Waals surface area contributed by atoms with Crippen LogP contribution in [-0.2, 0) is 14.8 Å². The summed E-state index contributed by atoms with van der Waals surface area (Å²) in [7, 11) is -3.90. The van der Waals surface area contributed by atoms with Crippen LogP contribution in [0.1, 0.15) is 46.5 Å². The summed E-state index contributed by atoms with van der Waals surface area (Å²) in [6, 6.07) is 4.12. The Bertz CT molecular complexity index is 902. The molecule has 7 nitrogen and oxygen atoms in total. The molecule has 27 heavy (non-hydrogen) atoms. The van der Waals surface area contributed by atoms with E-state index in [0.29, 0.717) is 17.0 Å². The van der Waals surface area contributed by atoms with Crippen LogP contribution in [0.4, 0.5) is 0 Å². The summed E-state index contributed by atoms with van der Waals surface area (Å²) < 4.78 is 36.7. The van der Waals surface area contributed by atoms with Crippen molar-refractivity contribution < 1.29 is 13.2 Å².